The molecule has 7 heteroatoms. The topological polar surface area (TPSA) is 118 Å². The quantitative estimate of drug-likeness (QED) is 0.541. The molecule has 0 unspecified atom stereocenters. The second-order valence-electron chi connectivity index (χ2n) is 3.82. The van der Waals surface area contributed by atoms with E-state index in [0.717, 1.165) is 6.42 Å². The zero-order valence-electron chi connectivity index (χ0n) is 9.79. The summed E-state index contributed by atoms with van der Waals surface area (Å²) in [7, 11) is 0. The highest BCUT2D eigenvalue weighted by Gasteiger charge is 2.09. The van der Waals surface area contributed by atoms with Gasteiger partial charge in [-0.05, 0) is 19.3 Å². The van der Waals surface area contributed by atoms with Gasteiger partial charge in [0.15, 0.2) is 0 Å². The third-order valence-corrected chi connectivity index (χ3v) is 2.36. The van der Waals surface area contributed by atoms with Crippen molar-refractivity contribution in [1.82, 2.24) is 9.97 Å². The molecule has 0 spiro atoms. The molecule has 0 aliphatic carbocycles. The van der Waals surface area contributed by atoms with Crippen LogP contribution in [0.5, 0.6) is 0 Å². The molecule has 0 aliphatic heterocycles. The molecule has 1 heterocycles. The predicted molar refractivity (Wildman–Crippen MR) is 69.4 cm³/mol. The van der Waals surface area contributed by atoms with E-state index < -0.39 is 11.9 Å². The van der Waals surface area contributed by atoms with Crippen LogP contribution in [0.25, 0.3) is 0 Å². The van der Waals surface area contributed by atoms with Crippen LogP contribution in [0.4, 0.5) is 0 Å². The molecule has 6 N–H and O–H groups in total. The lowest BCUT2D eigenvalue weighted by Crippen LogP contribution is -2.33. The van der Waals surface area contributed by atoms with Crippen LogP contribution in [-0.4, -0.2) is 16.1 Å². The molecule has 1 aromatic rings. The first-order valence-corrected chi connectivity index (χ1v) is 5.40. The molecular formula is C10H19ClN4O2. The second-order valence-corrected chi connectivity index (χ2v) is 3.82. The molecule has 1 aromatic heterocycles. The first kappa shape index (κ1) is 15.9. The van der Waals surface area contributed by atoms with Gasteiger partial charge in [-0.25, -0.2) is 4.79 Å². The van der Waals surface area contributed by atoms with Crippen molar-refractivity contribution in [3.8, 4) is 0 Å². The molecule has 0 bridgehead atoms. The molecule has 98 valence electrons. The molecule has 17 heavy (non-hydrogen) atoms. The monoisotopic (exact) mass is 262 g/mol. The fourth-order valence-electron chi connectivity index (χ4n) is 1.60. The minimum Gasteiger partial charge on any atom is -0.316 e. The number of aromatic nitrogens is 2. The van der Waals surface area contributed by atoms with E-state index >= 15 is 0 Å². The number of H-pyrrole nitrogens is 2. The van der Waals surface area contributed by atoms with Crippen LogP contribution in [-0.2, 0) is 12.8 Å². The van der Waals surface area contributed by atoms with E-state index in [1.54, 1.807) is 0 Å². The van der Waals surface area contributed by atoms with Crippen molar-refractivity contribution in [2.75, 3.05) is 0 Å². The number of halogens is 1. The number of nitrogens with one attached hydrogen (secondary N) is 2. The van der Waals surface area contributed by atoms with Gasteiger partial charge in [-0.15, -0.1) is 12.4 Å². The standard InChI is InChI=1S/C10H18N4O2.ClH/c1-2-3-7-6(4-5-8(11)12)9(15)14-10(16)13-7;/h8H,2-5,11-12H2,1H3,(H2,13,14,15,16);1H. The molecule has 0 radical (unpaired) electrons. The first-order valence-electron chi connectivity index (χ1n) is 5.40. The number of hydrogen-bond acceptors (Lipinski definition) is 4. The summed E-state index contributed by atoms with van der Waals surface area (Å²) in [5.41, 5.74) is 11.3. The number of rotatable bonds is 5. The Morgan fingerprint density at radius 3 is 2.35 bits per heavy atom. The van der Waals surface area contributed by atoms with Gasteiger partial charge in [-0.1, -0.05) is 13.3 Å². The fourth-order valence-corrected chi connectivity index (χ4v) is 1.60. The summed E-state index contributed by atoms with van der Waals surface area (Å²) in [5, 5.41) is 0. The zero-order chi connectivity index (χ0) is 12.1. The Hall–Kier alpha value is -1.11. The summed E-state index contributed by atoms with van der Waals surface area (Å²) in [4.78, 5) is 27.6. The van der Waals surface area contributed by atoms with Gasteiger partial charge in [0.25, 0.3) is 5.56 Å². The molecule has 0 saturated heterocycles. The van der Waals surface area contributed by atoms with Crippen molar-refractivity contribution in [2.24, 2.45) is 11.5 Å². The Kier molecular flexibility index (Phi) is 6.79. The summed E-state index contributed by atoms with van der Waals surface area (Å²) >= 11 is 0. The Bertz CT molecular complexity index is 452. The minimum absolute atomic E-state index is 0. The molecular weight excluding hydrogens is 244 g/mol. The Balaban J connectivity index is 0.00000256. The van der Waals surface area contributed by atoms with Gasteiger partial charge in [0.1, 0.15) is 0 Å². The highest BCUT2D eigenvalue weighted by Crippen LogP contribution is 2.04. The van der Waals surface area contributed by atoms with Gasteiger partial charge in [0, 0.05) is 11.3 Å². The van der Waals surface area contributed by atoms with E-state index in [2.05, 4.69) is 9.97 Å². The maximum atomic E-state index is 11.6. The van der Waals surface area contributed by atoms with Gasteiger partial charge in [0.05, 0.1) is 6.17 Å². The van der Waals surface area contributed by atoms with E-state index in [0.29, 0.717) is 30.5 Å². The van der Waals surface area contributed by atoms with E-state index in [1.807, 2.05) is 6.92 Å². The Morgan fingerprint density at radius 2 is 1.82 bits per heavy atom. The normalized spacial score (nSPS) is 10.4. The molecule has 0 aromatic carbocycles. The van der Waals surface area contributed by atoms with Gasteiger partial charge in [0.2, 0.25) is 0 Å². The fraction of sp³-hybridized carbons (Fsp3) is 0.600. The average molecular weight is 263 g/mol. The van der Waals surface area contributed by atoms with Crippen LogP contribution < -0.4 is 22.7 Å². The average Bonchev–Trinajstić information content (AvgIpc) is 2.16. The van der Waals surface area contributed by atoms with Gasteiger partial charge in [-0.2, -0.15) is 0 Å². The highest BCUT2D eigenvalue weighted by molar-refractivity contribution is 5.85. The summed E-state index contributed by atoms with van der Waals surface area (Å²) in [5.74, 6) is 0. The van der Waals surface area contributed by atoms with Crippen LogP contribution in [0.2, 0.25) is 0 Å². The van der Waals surface area contributed by atoms with Crippen LogP contribution in [0.15, 0.2) is 9.59 Å². The Morgan fingerprint density at radius 1 is 1.18 bits per heavy atom. The van der Waals surface area contributed by atoms with Crippen molar-refractivity contribution >= 4 is 12.4 Å². The molecule has 0 atom stereocenters. The molecule has 6 nitrogen and oxygen atoms in total. The number of nitrogens with two attached hydrogens (primary N) is 2. The van der Waals surface area contributed by atoms with Crippen LogP contribution in [0.1, 0.15) is 31.0 Å². The minimum atomic E-state index is -0.464. The smallest absolute Gasteiger partial charge is 0.316 e. The van der Waals surface area contributed by atoms with Crippen LogP contribution >= 0.6 is 12.4 Å². The Labute approximate surface area is 105 Å². The summed E-state index contributed by atoms with van der Waals surface area (Å²) in [6, 6.07) is 0. The third kappa shape index (κ3) is 4.72. The van der Waals surface area contributed by atoms with E-state index in [-0.39, 0.29) is 18.0 Å². The molecule has 0 fully saturated rings. The lowest BCUT2D eigenvalue weighted by molar-refractivity contribution is 0.629. The molecule has 0 saturated carbocycles. The summed E-state index contributed by atoms with van der Waals surface area (Å²) in [6.45, 7) is 1.98. The number of hydrogen-bond donors (Lipinski definition) is 4. The van der Waals surface area contributed by atoms with Crippen molar-refractivity contribution in [3.63, 3.8) is 0 Å². The predicted octanol–water partition coefficient (Wildman–Crippen LogP) is -0.386. The SMILES string of the molecule is CCCc1[nH]c(=O)[nH]c(=O)c1CCC(N)N.Cl. The lowest BCUT2D eigenvalue weighted by Gasteiger charge is -2.08. The van der Waals surface area contributed by atoms with Crippen molar-refractivity contribution in [2.45, 2.75) is 38.8 Å². The maximum absolute atomic E-state index is 11.6. The second kappa shape index (κ2) is 7.26. The molecule has 0 aliphatic rings. The van der Waals surface area contributed by atoms with E-state index in [9.17, 15) is 9.59 Å². The van der Waals surface area contributed by atoms with Crippen molar-refractivity contribution in [3.05, 3.63) is 32.1 Å². The highest BCUT2D eigenvalue weighted by atomic mass is 35.5. The van der Waals surface area contributed by atoms with Gasteiger partial charge >= 0.3 is 5.69 Å². The van der Waals surface area contributed by atoms with Crippen LogP contribution in [0, 0.1) is 0 Å². The zero-order valence-corrected chi connectivity index (χ0v) is 10.6. The largest absolute Gasteiger partial charge is 0.325 e. The van der Waals surface area contributed by atoms with Crippen molar-refractivity contribution < 1.29 is 0 Å². The summed E-state index contributed by atoms with van der Waals surface area (Å²) < 4.78 is 0. The first-order chi connectivity index (χ1) is 7.54. The molecule has 1 rings (SSSR count). The van der Waals surface area contributed by atoms with Gasteiger partial charge in [-0.3, -0.25) is 9.78 Å². The van der Waals surface area contributed by atoms with E-state index in [1.165, 1.54) is 0 Å². The van der Waals surface area contributed by atoms with Crippen LogP contribution in [0.3, 0.4) is 0 Å². The van der Waals surface area contributed by atoms with E-state index in [4.69, 9.17) is 11.5 Å². The van der Waals surface area contributed by atoms with Gasteiger partial charge < -0.3 is 16.5 Å². The third-order valence-electron chi connectivity index (χ3n) is 2.36. The van der Waals surface area contributed by atoms with Crippen molar-refractivity contribution in [1.29, 1.82) is 0 Å². The number of aryl methyl sites for hydroxylation is 1. The molecule has 0 amide bonds. The lowest BCUT2D eigenvalue weighted by atomic mass is 10.1. The number of aromatic amines is 2. The maximum Gasteiger partial charge on any atom is 0.325 e. The summed E-state index contributed by atoms with van der Waals surface area (Å²) in [6.07, 6.45) is 2.10.